The van der Waals surface area contributed by atoms with Crippen molar-refractivity contribution in [3.63, 3.8) is 0 Å². The van der Waals surface area contributed by atoms with Crippen LogP contribution in [0.2, 0.25) is 0 Å². The molecule has 1 aromatic heterocycles. The Balaban J connectivity index is 0.000000216. The molecule has 3 aromatic rings. The Kier molecular flexibility index (Phi) is 6.43. The number of phenols is 1. The first-order valence-electron chi connectivity index (χ1n) is 6.65. The van der Waals surface area contributed by atoms with E-state index < -0.39 is 0 Å². The summed E-state index contributed by atoms with van der Waals surface area (Å²) in [6, 6.07) is 17.8. The number of aromatic nitrogens is 1. The molecule has 0 aliphatic rings. The summed E-state index contributed by atoms with van der Waals surface area (Å²) in [5.74, 6) is 0.246. The van der Waals surface area contributed by atoms with Gasteiger partial charge in [0, 0.05) is 11.1 Å². The van der Waals surface area contributed by atoms with E-state index in [0.29, 0.717) is 5.52 Å². The molecule has 1 N–H and O–H groups in total. The highest BCUT2D eigenvalue weighted by molar-refractivity contribution is 5.84. The minimum atomic E-state index is 0. The number of benzene rings is 2. The summed E-state index contributed by atoms with van der Waals surface area (Å²) >= 11 is 0. The van der Waals surface area contributed by atoms with Crippen molar-refractivity contribution >= 4 is 28.3 Å². The predicted molar refractivity (Wildman–Crippen MR) is 94.0 cm³/mol. The van der Waals surface area contributed by atoms with Gasteiger partial charge in [-0.2, -0.15) is 0 Å². The number of para-hydroxylation sites is 1. The molecule has 0 spiro atoms. The normalized spacial score (nSPS) is 9.48. The third-order valence-electron chi connectivity index (χ3n) is 3.06. The van der Waals surface area contributed by atoms with E-state index in [1.54, 1.807) is 6.07 Å². The first kappa shape index (κ1) is 17.2. The third kappa shape index (κ3) is 4.90. The van der Waals surface area contributed by atoms with Crippen molar-refractivity contribution in [2.75, 3.05) is 0 Å². The smallest absolute Gasteiger partial charge is 0.187 e. The molecule has 1 heterocycles. The summed E-state index contributed by atoms with van der Waals surface area (Å²) in [5, 5.41) is 10.4. The molecule has 3 heteroatoms. The fourth-order valence-corrected chi connectivity index (χ4v) is 1.87. The van der Waals surface area contributed by atoms with Crippen molar-refractivity contribution in [3.8, 4) is 5.75 Å². The second-order valence-electron chi connectivity index (χ2n) is 4.96. The van der Waals surface area contributed by atoms with E-state index in [4.69, 9.17) is 0 Å². The van der Waals surface area contributed by atoms with Gasteiger partial charge < -0.3 is 5.11 Å². The van der Waals surface area contributed by atoms with Gasteiger partial charge in [-0.05, 0) is 32.9 Å². The Bertz CT molecular complexity index is 687. The largest absolute Gasteiger partial charge is 0.506 e. The summed E-state index contributed by atoms with van der Waals surface area (Å²) in [7, 11) is 0. The van der Waals surface area contributed by atoms with E-state index in [2.05, 4.69) is 43.1 Å². The van der Waals surface area contributed by atoms with Gasteiger partial charge in [-0.3, -0.25) is 0 Å². The van der Waals surface area contributed by atoms with Gasteiger partial charge in [-0.15, -0.1) is 0 Å². The van der Waals surface area contributed by atoms with Crippen molar-refractivity contribution in [1.29, 1.82) is 0 Å². The van der Waals surface area contributed by atoms with Gasteiger partial charge in [0.25, 0.3) is 0 Å². The van der Waals surface area contributed by atoms with Crippen molar-refractivity contribution in [1.82, 2.24) is 4.98 Å². The summed E-state index contributed by atoms with van der Waals surface area (Å²) in [6.07, 6.45) is 0. The number of hydrogen-bond acceptors (Lipinski definition) is 2. The van der Waals surface area contributed by atoms with Crippen LogP contribution in [-0.4, -0.2) is 27.5 Å². The number of hydrogen-bond donors (Lipinski definition) is 1. The molecule has 0 radical (unpaired) electrons. The van der Waals surface area contributed by atoms with Crippen LogP contribution in [0.25, 0.3) is 10.9 Å². The number of aryl methyl sites for hydroxylation is 3. The molecule has 2 aromatic carbocycles. The van der Waals surface area contributed by atoms with Crippen LogP contribution in [0.1, 0.15) is 16.8 Å². The van der Waals surface area contributed by atoms with Crippen molar-refractivity contribution in [3.05, 3.63) is 71.4 Å². The highest BCUT2D eigenvalue weighted by Gasteiger charge is 1.98. The van der Waals surface area contributed by atoms with Crippen LogP contribution in [0.15, 0.2) is 54.6 Å². The lowest BCUT2D eigenvalue weighted by molar-refractivity contribution is 0.480. The van der Waals surface area contributed by atoms with Crippen LogP contribution in [0.3, 0.4) is 0 Å². The predicted octanol–water partition coefficient (Wildman–Crippen LogP) is 3.37. The van der Waals surface area contributed by atoms with Crippen LogP contribution < -0.4 is 0 Å². The molecule has 108 valence electrons. The summed E-state index contributed by atoms with van der Waals surface area (Å²) < 4.78 is 0. The molecule has 3 rings (SSSR count). The maximum Gasteiger partial charge on any atom is 0.187 e. The molecule has 0 saturated carbocycles. The maximum atomic E-state index is 9.43. The molecule has 0 amide bonds. The minimum Gasteiger partial charge on any atom is -0.506 e. The Labute approximate surface area is 136 Å². The van der Waals surface area contributed by atoms with E-state index in [9.17, 15) is 5.11 Å². The van der Waals surface area contributed by atoms with Crippen LogP contribution in [0, 0.1) is 20.8 Å². The van der Waals surface area contributed by atoms with Crippen LogP contribution in [0.4, 0.5) is 0 Å². The average Bonchev–Trinajstić information content (AvgIpc) is 2.44. The zero-order valence-electron chi connectivity index (χ0n) is 12.1. The number of aromatic hydroxyl groups is 1. The quantitative estimate of drug-likeness (QED) is 0.645. The molecule has 0 saturated heterocycles. The lowest BCUT2D eigenvalue weighted by Crippen LogP contribution is -1.82. The monoisotopic (exact) mass is 295 g/mol. The average molecular weight is 295 g/mol. The van der Waals surface area contributed by atoms with E-state index in [1.807, 2.05) is 31.2 Å². The van der Waals surface area contributed by atoms with Gasteiger partial charge in [-0.25, -0.2) is 4.98 Å². The van der Waals surface area contributed by atoms with Gasteiger partial charge in [0.05, 0.1) is 0 Å². The van der Waals surface area contributed by atoms with E-state index in [0.717, 1.165) is 11.1 Å². The minimum absolute atomic E-state index is 0. The lowest BCUT2D eigenvalue weighted by atomic mass is 10.2. The molecule has 21 heavy (non-hydrogen) atoms. The fourth-order valence-electron chi connectivity index (χ4n) is 1.87. The van der Waals surface area contributed by atoms with Gasteiger partial charge >= 0.3 is 0 Å². The number of phenolic OH excluding ortho intramolecular Hbond substituents is 1. The molecule has 2 nitrogen and oxygen atoms in total. The molecular weight excluding hydrogens is 273 g/mol. The van der Waals surface area contributed by atoms with E-state index >= 15 is 0 Å². The molecule has 0 fully saturated rings. The fraction of sp³-hybridized carbons (Fsp3) is 0.167. The number of rotatable bonds is 0. The number of pyridine rings is 1. The topological polar surface area (TPSA) is 33.1 Å². The van der Waals surface area contributed by atoms with Crippen LogP contribution in [-0.2, 0) is 0 Å². The van der Waals surface area contributed by atoms with Crippen molar-refractivity contribution in [2.45, 2.75) is 20.8 Å². The molecule has 0 atom stereocenters. The molecule has 0 unspecified atom stereocenters. The maximum absolute atomic E-state index is 9.43. The van der Waals surface area contributed by atoms with Gasteiger partial charge in [-0.1, -0.05) is 53.6 Å². The molecule has 0 aliphatic carbocycles. The Morgan fingerprint density at radius 2 is 1.33 bits per heavy atom. The Morgan fingerprint density at radius 3 is 1.90 bits per heavy atom. The Hall–Kier alpha value is -1.82. The standard InChI is InChI=1S/C10H9NO.C8H10.Al.3H/c1-7-5-6-8-3-2-4-9(12)10(8)11-7;1-7-3-5-8(2)6-4-7;;;;/h2-6,12H,1H3;3-6H,1-2H3;;;;. The van der Waals surface area contributed by atoms with Crippen LogP contribution in [0.5, 0.6) is 5.75 Å². The number of fused-ring (bicyclic) bond motifs is 1. The summed E-state index contributed by atoms with van der Waals surface area (Å²) in [5.41, 5.74) is 4.26. The van der Waals surface area contributed by atoms with Crippen molar-refractivity contribution in [2.24, 2.45) is 0 Å². The SMILES string of the molecule is Cc1ccc(C)cc1.Cc1ccc2cccc(O)c2n1.[AlH3]. The number of nitrogens with zero attached hydrogens (tertiary/aromatic N) is 1. The Morgan fingerprint density at radius 1 is 0.762 bits per heavy atom. The molecule has 0 aliphatic heterocycles. The van der Waals surface area contributed by atoms with E-state index in [-0.39, 0.29) is 23.1 Å². The van der Waals surface area contributed by atoms with E-state index in [1.165, 1.54) is 11.1 Å². The third-order valence-corrected chi connectivity index (χ3v) is 3.06. The molecular formula is C18H22AlNO. The van der Waals surface area contributed by atoms with Crippen molar-refractivity contribution < 1.29 is 5.11 Å². The van der Waals surface area contributed by atoms with Gasteiger partial charge in [0.15, 0.2) is 17.4 Å². The lowest BCUT2D eigenvalue weighted by Gasteiger charge is -1.99. The highest BCUT2D eigenvalue weighted by Crippen LogP contribution is 2.21. The summed E-state index contributed by atoms with van der Waals surface area (Å²) in [6.45, 7) is 6.10. The zero-order valence-corrected chi connectivity index (χ0v) is 12.1. The first-order valence-corrected chi connectivity index (χ1v) is 6.65. The van der Waals surface area contributed by atoms with Gasteiger partial charge in [0.1, 0.15) is 11.3 Å². The highest BCUT2D eigenvalue weighted by atomic mass is 27.0. The second kappa shape index (κ2) is 7.83. The second-order valence-corrected chi connectivity index (χ2v) is 4.96. The first-order chi connectivity index (χ1) is 9.56. The summed E-state index contributed by atoms with van der Waals surface area (Å²) in [4.78, 5) is 4.23. The zero-order chi connectivity index (χ0) is 14.5. The molecule has 0 bridgehead atoms. The van der Waals surface area contributed by atoms with Crippen LogP contribution >= 0.6 is 0 Å². The van der Waals surface area contributed by atoms with Gasteiger partial charge in [0.2, 0.25) is 0 Å².